The van der Waals surface area contributed by atoms with E-state index in [0.29, 0.717) is 41.6 Å². The highest BCUT2D eigenvalue weighted by atomic mass is 16.2. The van der Waals surface area contributed by atoms with E-state index < -0.39 is 0 Å². The fourth-order valence-corrected chi connectivity index (χ4v) is 7.91. The molecule has 1 spiro atoms. The predicted octanol–water partition coefficient (Wildman–Crippen LogP) is 6.47. The first-order valence-corrected chi connectivity index (χ1v) is 12.3. The lowest BCUT2D eigenvalue weighted by Gasteiger charge is -2.46. The van der Waals surface area contributed by atoms with Crippen LogP contribution in [0.25, 0.3) is 0 Å². The molecular weight excluding hydrogens is 368 g/mol. The second-order valence-electron chi connectivity index (χ2n) is 12.0. The molecular formula is C28H38O2. The Hall–Kier alpha value is -1.44. The van der Waals surface area contributed by atoms with Gasteiger partial charge in [0.25, 0.3) is 0 Å². The van der Waals surface area contributed by atoms with Crippen molar-refractivity contribution < 1.29 is 9.59 Å². The van der Waals surface area contributed by atoms with Gasteiger partial charge in [-0.05, 0) is 72.8 Å². The van der Waals surface area contributed by atoms with Gasteiger partial charge in [0.1, 0.15) is 0 Å². The third-order valence-corrected chi connectivity index (χ3v) is 10.3. The van der Waals surface area contributed by atoms with Gasteiger partial charge in [0, 0.05) is 22.7 Å². The number of fused-ring (bicyclic) bond motifs is 1. The summed E-state index contributed by atoms with van der Waals surface area (Å²) in [5.74, 6) is 2.88. The summed E-state index contributed by atoms with van der Waals surface area (Å²) < 4.78 is 0. The van der Waals surface area contributed by atoms with Gasteiger partial charge in [0.2, 0.25) is 0 Å². The van der Waals surface area contributed by atoms with Crippen LogP contribution in [-0.4, -0.2) is 11.6 Å². The largest absolute Gasteiger partial charge is 0.294 e. The van der Waals surface area contributed by atoms with Crippen LogP contribution >= 0.6 is 0 Å². The van der Waals surface area contributed by atoms with Gasteiger partial charge in [-0.25, -0.2) is 0 Å². The molecule has 0 N–H and O–H groups in total. The predicted molar refractivity (Wildman–Crippen MR) is 121 cm³/mol. The zero-order valence-corrected chi connectivity index (χ0v) is 19.7. The Balaban J connectivity index is 1.58. The number of carbonyl (C=O) groups is 2. The summed E-state index contributed by atoms with van der Waals surface area (Å²) in [4.78, 5) is 27.3. The molecule has 0 heterocycles. The second kappa shape index (κ2) is 6.30. The standard InChI is InChI=1S/C28H38O2/c1-16(2)17(3)7-8-18(4)20-9-10-22(29)23-24-21(12-13-26(20,24)5)27(6)14-11-19-15-28(19,27)25(23)30/h7-8,12,16-20H,9-11,13-15H2,1-6H3/b8-7+/t17-,18+,19+,20+,26+,27+,28-/m0/s1. The minimum Gasteiger partial charge on any atom is -0.294 e. The van der Waals surface area contributed by atoms with E-state index in [1.54, 1.807) is 0 Å². The molecule has 2 nitrogen and oxygen atoms in total. The molecule has 0 bridgehead atoms. The quantitative estimate of drug-likeness (QED) is 0.396. The molecule has 5 aliphatic carbocycles. The van der Waals surface area contributed by atoms with Crippen molar-refractivity contribution in [3.8, 4) is 0 Å². The Morgan fingerprint density at radius 1 is 1.07 bits per heavy atom. The van der Waals surface area contributed by atoms with Crippen LogP contribution in [0.2, 0.25) is 0 Å². The van der Waals surface area contributed by atoms with E-state index in [9.17, 15) is 9.59 Å². The summed E-state index contributed by atoms with van der Waals surface area (Å²) in [6.07, 6.45) is 12.9. The zero-order valence-electron chi connectivity index (χ0n) is 19.7. The maximum Gasteiger partial charge on any atom is 0.174 e. The normalized spacial score (nSPS) is 44.0. The van der Waals surface area contributed by atoms with Crippen LogP contribution in [0.1, 0.15) is 80.1 Å². The molecule has 0 aliphatic heterocycles. The number of hydrogen-bond donors (Lipinski definition) is 0. The second-order valence-corrected chi connectivity index (χ2v) is 12.0. The van der Waals surface area contributed by atoms with Crippen molar-refractivity contribution in [3.63, 3.8) is 0 Å². The minimum atomic E-state index is -0.239. The van der Waals surface area contributed by atoms with Crippen LogP contribution < -0.4 is 0 Å². The van der Waals surface area contributed by atoms with Crippen LogP contribution in [0.3, 0.4) is 0 Å². The molecule has 7 atom stereocenters. The molecule has 0 aromatic heterocycles. The van der Waals surface area contributed by atoms with Crippen molar-refractivity contribution in [2.45, 2.75) is 80.1 Å². The summed E-state index contributed by atoms with van der Waals surface area (Å²) in [6, 6.07) is 0. The van der Waals surface area contributed by atoms with E-state index in [2.05, 4.69) is 59.8 Å². The molecule has 2 saturated carbocycles. The molecule has 5 rings (SSSR count). The third-order valence-electron chi connectivity index (χ3n) is 10.3. The fraction of sp³-hybridized carbons (Fsp3) is 0.714. The van der Waals surface area contributed by atoms with Crippen molar-refractivity contribution in [2.24, 2.45) is 45.8 Å². The highest BCUT2D eigenvalue weighted by Gasteiger charge is 2.77. The van der Waals surface area contributed by atoms with E-state index in [1.165, 1.54) is 11.1 Å². The lowest BCUT2D eigenvalue weighted by Crippen LogP contribution is -2.44. The van der Waals surface area contributed by atoms with Crippen LogP contribution in [0.15, 0.2) is 34.9 Å². The van der Waals surface area contributed by atoms with Crippen LogP contribution in [-0.2, 0) is 9.59 Å². The van der Waals surface area contributed by atoms with Crippen LogP contribution in [0.5, 0.6) is 0 Å². The topological polar surface area (TPSA) is 34.1 Å². The van der Waals surface area contributed by atoms with Gasteiger partial charge in [0.15, 0.2) is 11.6 Å². The maximum atomic E-state index is 13.9. The molecule has 0 saturated heterocycles. The lowest BCUT2D eigenvalue weighted by molar-refractivity contribution is -0.127. The summed E-state index contributed by atoms with van der Waals surface area (Å²) in [5.41, 5.74) is 2.85. The summed E-state index contributed by atoms with van der Waals surface area (Å²) in [6.45, 7) is 13.9. The highest BCUT2D eigenvalue weighted by molar-refractivity contribution is 6.26. The summed E-state index contributed by atoms with van der Waals surface area (Å²) in [5, 5.41) is 0. The van der Waals surface area contributed by atoms with Crippen molar-refractivity contribution in [2.75, 3.05) is 0 Å². The van der Waals surface area contributed by atoms with Crippen molar-refractivity contribution in [1.29, 1.82) is 0 Å². The van der Waals surface area contributed by atoms with Gasteiger partial charge in [-0.1, -0.05) is 59.8 Å². The fourth-order valence-electron chi connectivity index (χ4n) is 7.91. The Kier molecular flexibility index (Phi) is 4.30. The molecule has 0 aromatic carbocycles. The van der Waals surface area contributed by atoms with Gasteiger partial charge in [-0.2, -0.15) is 0 Å². The van der Waals surface area contributed by atoms with Gasteiger partial charge < -0.3 is 0 Å². The Bertz CT molecular complexity index is 917. The molecule has 0 unspecified atom stereocenters. The van der Waals surface area contributed by atoms with Crippen LogP contribution in [0.4, 0.5) is 0 Å². The minimum absolute atomic E-state index is 0.0360. The van der Waals surface area contributed by atoms with Crippen LogP contribution in [0, 0.1) is 45.8 Å². The Morgan fingerprint density at radius 2 is 1.80 bits per heavy atom. The first kappa shape index (κ1) is 20.5. The van der Waals surface area contributed by atoms with Gasteiger partial charge in [0.05, 0.1) is 5.57 Å². The van der Waals surface area contributed by atoms with Crippen molar-refractivity contribution >= 4 is 11.6 Å². The molecule has 30 heavy (non-hydrogen) atoms. The van der Waals surface area contributed by atoms with Gasteiger partial charge in [-0.15, -0.1) is 0 Å². The van der Waals surface area contributed by atoms with E-state index in [0.717, 1.165) is 32.1 Å². The average Bonchev–Trinajstić information content (AvgIpc) is 3.26. The summed E-state index contributed by atoms with van der Waals surface area (Å²) in [7, 11) is 0. The smallest absolute Gasteiger partial charge is 0.174 e. The van der Waals surface area contributed by atoms with Crippen molar-refractivity contribution in [1.82, 2.24) is 0 Å². The van der Waals surface area contributed by atoms with Gasteiger partial charge >= 0.3 is 0 Å². The Labute approximate surface area is 182 Å². The Morgan fingerprint density at radius 3 is 2.47 bits per heavy atom. The van der Waals surface area contributed by atoms with E-state index in [1.807, 2.05) is 0 Å². The van der Waals surface area contributed by atoms with E-state index in [4.69, 9.17) is 0 Å². The SMILES string of the molecule is CC(C)[C@@H](C)/C=C/[C@@H](C)[C@H]1CCC(=O)C2=C3C(=CC[C@@]31C)[C@@]1(C)CC[C@@H]3C[C@@]31C2=O. The number of ketones is 2. The first-order valence-electron chi connectivity index (χ1n) is 12.3. The number of allylic oxidation sites excluding steroid dienone is 6. The first-order chi connectivity index (χ1) is 14.1. The molecule has 0 aromatic rings. The molecule has 2 fully saturated rings. The average molecular weight is 407 g/mol. The lowest BCUT2D eigenvalue weighted by atomic mass is 9.56. The molecule has 2 heteroatoms. The molecule has 0 amide bonds. The number of hydrogen-bond acceptors (Lipinski definition) is 2. The number of carbonyl (C=O) groups excluding carboxylic acids is 2. The summed E-state index contributed by atoms with van der Waals surface area (Å²) >= 11 is 0. The monoisotopic (exact) mass is 406 g/mol. The maximum absolute atomic E-state index is 13.9. The molecule has 0 radical (unpaired) electrons. The highest BCUT2D eigenvalue weighted by Crippen LogP contribution is 2.80. The molecule has 162 valence electrons. The van der Waals surface area contributed by atoms with E-state index >= 15 is 0 Å². The zero-order chi connectivity index (χ0) is 21.6. The third kappa shape index (κ3) is 2.32. The molecule has 5 aliphatic rings. The van der Waals surface area contributed by atoms with Crippen molar-refractivity contribution in [3.05, 3.63) is 34.9 Å². The number of rotatable bonds is 4. The number of Topliss-reactive ketones (excluding diaryl/α,β-unsaturated/α-hetero) is 2. The van der Waals surface area contributed by atoms with Gasteiger partial charge in [-0.3, -0.25) is 9.59 Å². The van der Waals surface area contributed by atoms with E-state index in [-0.39, 0.29) is 27.8 Å².